The van der Waals surface area contributed by atoms with Crippen molar-refractivity contribution < 1.29 is 27.1 Å². The van der Waals surface area contributed by atoms with Gasteiger partial charge in [0.2, 0.25) is 5.82 Å². The molecule has 0 unspecified atom stereocenters. The molecule has 0 amide bonds. The summed E-state index contributed by atoms with van der Waals surface area (Å²) in [5.74, 6) is -10.4. The number of nitrogens with one attached hydrogen (secondary N) is 1. The number of hydrogen-bond acceptors (Lipinski definition) is 5. The Morgan fingerprint density at radius 2 is 1.36 bits per heavy atom. The second-order valence-corrected chi connectivity index (χ2v) is 6.70. The van der Waals surface area contributed by atoms with E-state index in [9.17, 15) is 27.1 Å². The molecule has 0 aliphatic carbocycles. The normalized spacial score (nSPS) is 11.2. The fourth-order valence-electron chi connectivity index (χ4n) is 2.94. The Labute approximate surface area is 183 Å². The maximum atomic E-state index is 13.9. The first-order valence-electron chi connectivity index (χ1n) is 9.40. The van der Waals surface area contributed by atoms with Crippen LogP contribution in [0.4, 0.5) is 27.8 Å². The summed E-state index contributed by atoms with van der Waals surface area (Å²) in [5.41, 5.74) is 2.63. The van der Waals surface area contributed by atoms with E-state index in [1.165, 1.54) is 12.1 Å². The van der Waals surface area contributed by atoms with Crippen molar-refractivity contribution in [1.29, 1.82) is 0 Å². The number of para-hydroxylation sites is 1. The average Bonchev–Trinajstić information content (AvgIpc) is 2.84. The van der Waals surface area contributed by atoms with Crippen molar-refractivity contribution in [2.75, 3.05) is 5.43 Å². The molecule has 0 spiro atoms. The molecule has 166 valence electrons. The molecular weight excluding hydrogens is 443 g/mol. The van der Waals surface area contributed by atoms with Gasteiger partial charge >= 0.3 is 0 Å². The fourth-order valence-corrected chi connectivity index (χ4v) is 2.94. The zero-order chi connectivity index (χ0) is 23.5. The Bertz CT molecular complexity index is 1330. The van der Waals surface area contributed by atoms with Crippen LogP contribution in [0.1, 0.15) is 5.56 Å². The van der Waals surface area contributed by atoms with Crippen molar-refractivity contribution in [3.63, 3.8) is 0 Å². The molecule has 3 aromatic carbocycles. The molecule has 10 heteroatoms. The average molecular weight is 456 g/mol. The van der Waals surface area contributed by atoms with Crippen molar-refractivity contribution in [3.05, 3.63) is 95.3 Å². The number of phenolic OH excluding ortho intramolecular Hbond substituents is 1. The molecule has 0 bridgehead atoms. The maximum absolute atomic E-state index is 13.9. The summed E-state index contributed by atoms with van der Waals surface area (Å²) in [7, 11) is 0. The van der Waals surface area contributed by atoms with Gasteiger partial charge in [-0.25, -0.2) is 31.9 Å². The van der Waals surface area contributed by atoms with Crippen LogP contribution in [0.5, 0.6) is 5.75 Å². The van der Waals surface area contributed by atoms with Crippen molar-refractivity contribution in [2.24, 2.45) is 5.10 Å². The number of benzene rings is 3. The van der Waals surface area contributed by atoms with Crippen molar-refractivity contribution >= 4 is 12.0 Å². The lowest BCUT2D eigenvalue weighted by atomic mass is 10.1. The first kappa shape index (κ1) is 21.9. The van der Waals surface area contributed by atoms with Gasteiger partial charge < -0.3 is 5.11 Å². The molecule has 4 rings (SSSR count). The van der Waals surface area contributed by atoms with Crippen LogP contribution in [0.3, 0.4) is 0 Å². The van der Waals surface area contributed by atoms with Gasteiger partial charge in [0, 0.05) is 11.6 Å². The van der Waals surface area contributed by atoms with Crippen LogP contribution in [0.2, 0.25) is 0 Å². The number of nitrogens with zero attached hydrogens (tertiary/aromatic N) is 3. The second kappa shape index (κ2) is 9.03. The molecule has 0 atom stereocenters. The van der Waals surface area contributed by atoms with E-state index in [1.54, 1.807) is 42.5 Å². The minimum Gasteiger partial charge on any atom is -0.507 e. The number of hydrogen-bond donors (Lipinski definition) is 2. The molecule has 0 aliphatic heterocycles. The lowest BCUT2D eigenvalue weighted by Crippen LogP contribution is -2.07. The Balaban J connectivity index is 1.74. The molecule has 5 nitrogen and oxygen atoms in total. The van der Waals surface area contributed by atoms with E-state index in [1.807, 2.05) is 6.07 Å². The predicted octanol–water partition coefficient (Wildman–Crippen LogP) is 5.66. The minimum absolute atomic E-state index is 0.0437. The molecular formula is C23H13F5N4O. The highest BCUT2D eigenvalue weighted by atomic mass is 19.2. The number of halogens is 5. The molecule has 1 aromatic heterocycles. The number of phenols is 1. The van der Waals surface area contributed by atoms with E-state index in [-0.39, 0.29) is 17.4 Å². The van der Waals surface area contributed by atoms with Crippen LogP contribution in [0.25, 0.3) is 22.6 Å². The summed E-state index contributed by atoms with van der Waals surface area (Å²) in [6.07, 6.45) is 0.459. The molecule has 2 N–H and O–H groups in total. The number of anilines is 1. The molecule has 0 radical (unpaired) electrons. The van der Waals surface area contributed by atoms with Gasteiger partial charge in [-0.2, -0.15) is 5.10 Å². The van der Waals surface area contributed by atoms with E-state index in [4.69, 9.17) is 0 Å². The summed E-state index contributed by atoms with van der Waals surface area (Å²) in [4.78, 5) is 8.66. The Hall–Kier alpha value is -4.34. The van der Waals surface area contributed by atoms with Crippen LogP contribution < -0.4 is 5.43 Å². The third-order valence-electron chi connectivity index (χ3n) is 4.56. The van der Waals surface area contributed by atoms with Crippen molar-refractivity contribution in [2.45, 2.75) is 0 Å². The number of hydrazone groups is 1. The van der Waals surface area contributed by atoms with Crippen LogP contribution in [0, 0.1) is 29.1 Å². The SMILES string of the molecule is Oc1ccccc1-c1nc(NN=Cc2c(F)c(F)c(F)c(F)c2F)cc(-c2ccccc2)n1. The van der Waals surface area contributed by atoms with Gasteiger partial charge in [0.25, 0.3) is 0 Å². The molecule has 1 heterocycles. The van der Waals surface area contributed by atoms with Gasteiger partial charge in [-0.1, -0.05) is 42.5 Å². The van der Waals surface area contributed by atoms with E-state index < -0.39 is 34.6 Å². The Morgan fingerprint density at radius 3 is 2.03 bits per heavy atom. The first-order chi connectivity index (χ1) is 15.9. The predicted molar refractivity (Wildman–Crippen MR) is 112 cm³/mol. The van der Waals surface area contributed by atoms with Crippen LogP contribution in [-0.2, 0) is 0 Å². The monoisotopic (exact) mass is 456 g/mol. The fraction of sp³-hybridized carbons (Fsp3) is 0. The minimum atomic E-state index is -2.26. The molecule has 0 saturated heterocycles. The summed E-state index contributed by atoms with van der Waals surface area (Å²) < 4.78 is 67.7. The first-order valence-corrected chi connectivity index (χ1v) is 9.40. The van der Waals surface area contributed by atoms with Gasteiger partial charge in [-0.15, -0.1) is 0 Å². The summed E-state index contributed by atoms with van der Waals surface area (Å²) in [6, 6.07) is 16.7. The second-order valence-electron chi connectivity index (χ2n) is 6.70. The molecule has 0 aliphatic rings. The Kier molecular flexibility index (Phi) is 5.99. The third kappa shape index (κ3) is 4.36. The number of aromatic hydroxyl groups is 1. The highest BCUT2D eigenvalue weighted by Gasteiger charge is 2.24. The Morgan fingerprint density at radius 1 is 0.758 bits per heavy atom. The standard InChI is InChI=1S/C23H13F5N4O/c24-18-14(19(25)21(27)22(28)20(18)26)11-29-32-17-10-15(12-6-2-1-3-7-12)30-23(31-17)13-8-4-5-9-16(13)33/h1-11,33H,(H,30,31,32). The molecule has 0 saturated carbocycles. The number of rotatable bonds is 5. The van der Waals surface area contributed by atoms with Crippen LogP contribution >= 0.6 is 0 Å². The summed E-state index contributed by atoms with van der Waals surface area (Å²) >= 11 is 0. The van der Waals surface area contributed by atoms with Gasteiger partial charge in [-0.3, -0.25) is 5.43 Å². The molecule has 33 heavy (non-hydrogen) atoms. The zero-order valence-corrected chi connectivity index (χ0v) is 16.5. The highest BCUT2D eigenvalue weighted by molar-refractivity contribution is 5.81. The lowest BCUT2D eigenvalue weighted by Gasteiger charge is -2.09. The molecule has 0 fully saturated rings. The topological polar surface area (TPSA) is 70.4 Å². The summed E-state index contributed by atoms with van der Waals surface area (Å²) in [5, 5.41) is 13.7. The van der Waals surface area contributed by atoms with E-state index in [0.717, 1.165) is 0 Å². The number of aromatic nitrogens is 2. The van der Waals surface area contributed by atoms with Gasteiger partial charge in [-0.05, 0) is 12.1 Å². The van der Waals surface area contributed by atoms with Crippen LogP contribution in [0.15, 0.2) is 65.8 Å². The molecule has 4 aromatic rings. The van der Waals surface area contributed by atoms with E-state index >= 15 is 0 Å². The maximum Gasteiger partial charge on any atom is 0.200 e. The van der Waals surface area contributed by atoms with Crippen molar-refractivity contribution in [1.82, 2.24) is 9.97 Å². The zero-order valence-electron chi connectivity index (χ0n) is 16.5. The lowest BCUT2D eigenvalue weighted by molar-refractivity contribution is 0.377. The third-order valence-corrected chi connectivity index (χ3v) is 4.56. The van der Waals surface area contributed by atoms with Gasteiger partial charge in [0.15, 0.2) is 34.9 Å². The van der Waals surface area contributed by atoms with Gasteiger partial charge in [0.05, 0.1) is 23.0 Å². The van der Waals surface area contributed by atoms with Crippen molar-refractivity contribution in [3.8, 4) is 28.4 Å². The van der Waals surface area contributed by atoms with Gasteiger partial charge in [0.1, 0.15) is 5.75 Å². The van der Waals surface area contributed by atoms with E-state index in [0.29, 0.717) is 23.0 Å². The highest BCUT2D eigenvalue weighted by Crippen LogP contribution is 2.29. The summed E-state index contributed by atoms with van der Waals surface area (Å²) in [6.45, 7) is 0. The smallest absolute Gasteiger partial charge is 0.200 e. The quantitative estimate of drug-likeness (QED) is 0.134. The largest absolute Gasteiger partial charge is 0.507 e. The van der Waals surface area contributed by atoms with E-state index in [2.05, 4.69) is 20.5 Å². The van der Waals surface area contributed by atoms with Crippen LogP contribution in [-0.4, -0.2) is 21.3 Å².